The van der Waals surface area contributed by atoms with Crippen LogP contribution < -0.4 is 5.32 Å². The second kappa shape index (κ2) is 11.1. The summed E-state index contributed by atoms with van der Waals surface area (Å²) >= 11 is 0. The van der Waals surface area contributed by atoms with Crippen LogP contribution in [0.3, 0.4) is 0 Å². The molecule has 2 aliphatic rings. The fourth-order valence-electron chi connectivity index (χ4n) is 4.32. The van der Waals surface area contributed by atoms with Gasteiger partial charge in [-0.05, 0) is 18.9 Å². The Kier molecular flexibility index (Phi) is 8.53. The molecule has 1 aromatic rings. The highest BCUT2D eigenvalue weighted by molar-refractivity contribution is 7.91. The maximum Gasteiger partial charge on any atom is 0.194 e. The smallest absolute Gasteiger partial charge is 0.194 e. The fraction of sp³-hybridized carbons (Fsp3) is 0.682. The molecule has 0 aliphatic carbocycles. The highest BCUT2D eigenvalue weighted by atomic mass is 32.2. The Labute approximate surface area is 182 Å². The highest BCUT2D eigenvalue weighted by Gasteiger charge is 2.25. The lowest BCUT2D eigenvalue weighted by Crippen LogP contribution is -2.53. The van der Waals surface area contributed by atoms with E-state index < -0.39 is 9.84 Å². The van der Waals surface area contributed by atoms with Crippen LogP contribution in [0.25, 0.3) is 0 Å². The largest absolute Gasteiger partial charge is 0.357 e. The summed E-state index contributed by atoms with van der Waals surface area (Å²) in [5.41, 5.74) is 1.40. The predicted octanol–water partition coefficient (Wildman–Crippen LogP) is 1.45. The molecule has 0 radical (unpaired) electrons. The number of nitrogens with one attached hydrogen (secondary N) is 1. The van der Waals surface area contributed by atoms with Gasteiger partial charge >= 0.3 is 0 Å². The highest BCUT2D eigenvalue weighted by Crippen LogP contribution is 2.25. The van der Waals surface area contributed by atoms with Gasteiger partial charge in [-0.25, -0.2) is 8.42 Å². The van der Waals surface area contributed by atoms with Crippen LogP contribution in [-0.4, -0.2) is 99.5 Å². The minimum Gasteiger partial charge on any atom is -0.357 e. The van der Waals surface area contributed by atoms with E-state index in [9.17, 15) is 8.42 Å². The lowest BCUT2D eigenvalue weighted by Gasteiger charge is -2.40. The maximum atomic E-state index is 11.6. The number of benzene rings is 1. The Bertz CT molecular complexity index is 762. The molecule has 2 fully saturated rings. The van der Waals surface area contributed by atoms with Crippen LogP contribution in [0.5, 0.6) is 0 Å². The topological polar surface area (TPSA) is 68.2 Å². The molecule has 3 rings (SSSR count). The average molecular weight is 436 g/mol. The van der Waals surface area contributed by atoms with E-state index in [0.29, 0.717) is 25.7 Å². The molecule has 2 heterocycles. The molecule has 0 saturated carbocycles. The Hall–Kier alpha value is -1.64. The van der Waals surface area contributed by atoms with E-state index in [4.69, 9.17) is 4.99 Å². The van der Waals surface area contributed by atoms with E-state index in [1.807, 2.05) is 0 Å². The number of aliphatic imine (C=N–C) groups is 1. The Balaban J connectivity index is 1.51. The molecule has 168 valence electrons. The first-order valence-electron chi connectivity index (χ1n) is 11.3. The fourth-order valence-corrected chi connectivity index (χ4v) is 5.60. The van der Waals surface area contributed by atoms with Gasteiger partial charge in [-0.1, -0.05) is 37.3 Å². The number of rotatable bonds is 7. The maximum absolute atomic E-state index is 11.6. The zero-order chi connectivity index (χ0) is 21.4. The monoisotopic (exact) mass is 435 g/mol. The molecular weight excluding hydrogens is 398 g/mol. The molecule has 7 nitrogen and oxygen atoms in total. The molecule has 1 aromatic carbocycles. The third kappa shape index (κ3) is 6.43. The molecule has 0 aromatic heterocycles. The van der Waals surface area contributed by atoms with Crippen LogP contribution in [0.1, 0.15) is 31.9 Å². The van der Waals surface area contributed by atoms with Crippen molar-refractivity contribution in [3.8, 4) is 0 Å². The standard InChI is InChI=1S/C22H37N5O2S/c1-3-21(20-8-6-5-7-9-20)26-12-14-27(15-13-26)22(23-4-2)24-10-11-25-16-18-30(28,29)19-17-25/h5-9,21H,3-4,10-19H2,1-2H3,(H,23,24). The van der Waals surface area contributed by atoms with Gasteiger partial charge in [0.1, 0.15) is 0 Å². The van der Waals surface area contributed by atoms with Crippen LogP contribution in [0.15, 0.2) is 35.3 Å². The summed E-state index contributed by atoms with van der Waals surface area (Å²) in [5.74, 6) is 1.53. The van der Waals surface area contributed by atoms with Crippen molar-refractivity contribution in [2.45, 2.75) is 26.3 Å². The van der Waals surface area contributed by atoms with Crippen molar-refractivity contribution in [1.29, 1.82) is 0 Å². The van der Waals surface area contributed by atoms with Crippen molar-refractivity contribution < 1.29 is 8.42 Å². The number of hydrogen-bond donors (Lipinski definition) is 1. The summed E-state index contributed by atoms with van der Waals surface area (Å²) in [6.45, 7) is 12.0. The van der Waals surface area contributed by atoms with Crippen LogP contribution in [-0.2, 0) is 9.84 Å². The second-order valence-electron chi connectivity index (χ2n) is 8.09. The molecule has 8 heteroatoms. The molecule has 2 saturated heterocycles. The molecule has 0 bridgehead atoms. The summed E-state index contributed by atoms with van der Waals surface area (Å²) in [7, 11) is -2.82. The van der Waals surface area contributed by atoms with E-state index in [-0.39, 0.29) is 11.5 Å². The van der Waals surface area contributed by atoms with Crippen LogP contribution in [0.4, 0.5) is 0 Å². The van der Waals surface area contributed by atoms with Gasteiger partial charge in [0.15, 0.2) is 15.8 Å². The normalized spacial score (nSPS) is 22.1. The van der Waals surface area contributed by atoms with Crippen molar-refractivity contribution in [2.75, 3.05) is 70.4 Å². The number of piperazine rings is 1. The first-order chi connectivity index (χ1) is 14.5. The molecule has 30 heavy (non-hydrogen) atoms. The summed E-state index contributed by atoms with van der Waals surface area (Å²) in [6, 6.07) is 11.3. The first-order valence-corrected chi connectivity index (χ1v) is 13.1. The average Bonchev–Trinajstić information content (AvgIpc) is 2.76. The Morgan fingerprint density at radius 2 is 1.70 bits per heavy atom. The summed E-state index contributed by atoms with van der Waals surface area (Å²) in [6.07, 6.45) is 1.11. The summed E-state index contributed by atoms with van der Waals surface area (Å²) in [5, 5.41) is 3.44. The van der Waals surface area contributed by atoms with Crippen molar-refractivity contribution in [1.82, 2.24) is 20.0 Å². The summed E-state index contributed by atoms with van der Waals surface area (Å²) < 4.78 is 23.2. The van der Waals surface area contributed by atoms with Crippen LogP contribution in [0, 0.1) is 0 Å². The molecule has 0 spiro atoms. The zero-order valence-electron chi connectivity index (χ0n) is 18.5. The zero-order valence-corrected chi connectivity index (χ0v) is 19.3. The van der Waals surface area contributed by atoms with Crippen molar-refractivity contribution in [2.24, 2.45) is 4.99 Å². The SMILES string of the molecule is CCNC(=NCCN1CCS(=O)(=O)CC1)N1CCN(C(CC)c2ccccc2)CC1. The lowest BCUT2D eigenvalue weighted by molar-refractivity contribution is 0.127. The minimum absolute atomic E-state index is 0.277. The van der Waals surface area contributed by atoms with Gasteiger partial charge in [-0.15, -0.1) is 0 Å². The van der Waals surface area contributed by atoms with Gasteiger partial charge in [-0.2, -0.15) is 0 Å². The number of nitrogens with zero attached hydrogens (tertiary/aromatic N) is 4. The number of hydrogen-bond acceptors (Lipinski definition) is 5. The first kappa shape index (κ1) is 23.0. The lowest BCUT2D eigenvalue weighted by atomic mass is 10.0. The van der Waals surface area contributed by atoms with E-state index >= 15 is 0 Å². The molecule has 1 N–H and O–H groups in total. The van der Waals surface area contributed by atoms with Crippen LogP contribution in [0.2, 0.25) is 0 Å². The van der Waals surface area contributed by atoms with E-state index in [1.54, 1.807) is 0 Å². The number of guanidine groups is 1. The molecular formula is C22H37N5O2S. The van der Waals surface area contributed by atoms with Crippen molar-refractivity contribution in [3.63, 3.8) is 0 Å². The van der Waals surface area contributed by atoms with E-state index in [0.717, 1.165) is 51.6 Å². The minimum atomic E-state index is -2.82. The molecule has 1 unspecified atom stereocenters. The third-order valence-corrected chi connectivity index (χ3v) is 7.68. The van der Waals surface area contributed by atoms with Gasteiger partial charge < -0.3 is 10.2 Å². The Morgan fingerprint density at radius 1 is 1.03 bits per heavy atom. The summed E-state index contributed by atoms with van der Waals surface area (Å²) in [4.78, 5) is 12.0. The quantitative estimate of drug-likeness (QED) is 0.517. The molecule has 0 amide bonds. The molecule has 2 aliphatic heterocycles. The van der Waals surface area contributed by atoms with E-state index in [1.165, 1.54) is 5.56 Å². The second-order valence-corrected chi connectivity index (χ2v) is 10.4. The third-order valence-electron chi connectivity index (χ3n) is 6.08. The van der Waals surface area contributed by atoms with Crippen molar-refractivity contribution in [3.05, 3.63) is 35.9 Å². The van der Waals surface area contributed by atoms with Crippen molar-refractivity contribution >= 4 is 15.8 Å². The predicted molar refractivity (Wildman–Crippen MR) is 124 cm³/mol. The Morgan fingerprint density at radius 3 is 2.30 bits per heavy atom. The van der Waals surface area contributed by atoms with Gasteiger partial charge in [0.25, 0.3) is 0 Å². The van der Waals surface area contributed by atoms with Gasteiger partial charge in [0.2, 0.25) is 0 Å². The van der Waals surface area contributed by atoms with Gasteiger partial charge in [0, 0.05) is 58.4 Å². The number of sulfone groups is 1. The van der Waals surface area contributed by atoms with Crippen LogP contribution >= 0.6 is 0 Å². The molecule has 1 atom stereocenters. The van der Waals surface area contributed by atoms with Gasteiger partial charge in [0.05, 0.1) is 18.1 Å². The van der Waals surface area contributed by atoms with Gasteiger partial charge in [-0.3, -0.25) is 14.8 Å². The van der Waals surface area contributed by atoms with E-state index in [2.05, 4.69) is 64.2 Å².